The molecule has 0 aliphatic rings. The van der Waals surface area contributed by atoms with Crippen molar-refractivity contribution in [3.05, 3.63) is 34.0 Å². The lowest BCUT2D eigenvalue weighted by Gasteiger charge is -2.11. The summed E-state index contributed by atoms with van der Waals surface area (Å²) in [6, 6.07) is 3.27. The molecule has 1 N–H and O–H groups in total. The molecule has 2 nitrogen and oxygen atoms in total. The third-order valence-electron chi connectivity index (χ3n) is 3.68. The van der Waals surface area contributed by atoms with Crippen molar-refractivity contribution in [3.8, 4) is 5.75 Å². The summed E-state index contributed by atoms with van der Waals surface area (Å²) in [5.74, 6) is 0.0670. The number of unbranched alkanes of at least 4 members (excludes halogenated alkanes) is 6. The van der Waals surface area contributed by atoms with E-state index in [1.807, 2.05) is 0 Å². The van der Waals surface area contributed by atoms with Crippen LogP contribution in [-0.4, -0.2) is 12.2 Å². The largest absolute Gasteiger partial charge is 0.506 e. The highest BCUT2D eigenvalue weighted by Gasteiger charge is 2.12. The fraction of sp³-hybridized carbons (Fsp3) is 0.556. The van der Waals surface area contributed by atoms with E-state index in [1.165, 1.54) is 38.5 Å². The zero-order chi connectivity index (χ0) is 16.4. The molecule has 0 heterocycles. The summed E-state index contributed by atoms with van der Waals surface area (Å²) in [6.45, 7) is 2.23. The number of rotatable bonds is 10. The molecule has 0 aliphatic carbocycles. The average Bonchev–Trinajstić information content (AvgIpc) is 2.49. The molecule has 4 heteroatoms. The molecule has 0 bridgehead atoms. The Balaban J connectivity index is 2.58. The van der Waals surface area contributed by atoms with Crippen LogP contribution in [0.3, 0.4) is 0 Å². The van der Waals surface area contributed by atoms with E-state index in [4.69, 9.17) is 27.9 Å². The predicted octanol–water partition coefficient (Wildman–Crippen LogP) is 6.83. The van der Waals surface area contributed by atoms with Crippen LogP contribution in [0.1, 0.15) is 63.9 Å². The molecule has 0 fully saturated rings. The van der Waals surface area contributed by atoms with Crippen LogP contribution in [0.25, 0.3) is 5.57 Å². The lowest BCUT2D eigenvalue weighted by molar-refractivity contribution is 0.338. The zero-order valence-electron chi connectivity index (χ0n) is 13.5. The van der Waals surface area contributed by atoms with Crippen molar-refractivity contribution in [2.45, 2.75) is 58.3 Å². The Bertz CT molecular complexity index is 484. The average molecular weight is 345 g/mol. The first-order chi connectivity index (χ1) is 10.6. The van der Waals surface area contributed by atoms with Gasteiger partial charge in [0.1, 0.15) is 5.75 Å². The van der Waals surface area contributed by atoms with Gasteiger partial charge in [0, 0.05) is 10.6 Å². The minimum absolute atomic E-state index is 0.0670. The van der Waals surface area contributed by atoms with Crippen molar-refractivity contribution in [1.29, 1.82) is 0 Å². The van der Waals surface area contributed by atoms with E-state index in [0.717, 1.165) is 18.4 Å². The van der Waals surface area contributed by atoms with Gasteiger partial charge in [-0.05, 0) is 30.5 Å². The van der Waals surface area contributed by atoms with Crippen LogP contribution in [0.4, 0.5) is 0 Å². The summed E-state index contributed by atoms with van der Waals surface area (Å²) in [4.78, 5) is 0. The molecule has 0 unspecified atom stereocenters. The fourth-order valence-corrected chi connectivity index (χ4v) is 2.98. The molecule has 124 valence electrons. The van der Waals surface area contributed by atoms with Gasteiger partial charge in [-0.1, -0.05) is 68.7 Å². The van der Waals surface area contributed by atoms with Crippen molar-refractivity contribution in [1.82, 2.24) is 0 Å². The molecule has 0 saturated carbocycles. The number of aromatic hydroxyl groups is 1. The van der Waals surface area contributed by atoms with Crippen molar-refractivity contribution in [3.63, 3.8) is 0 Å². The third-order valence-corrected chi connectivity index (χ3v) is 4.19. The van der Waals surface area contributed by atoms with E-state index in [1.54, 1.807) is 25.5 Å². The Hall–Kier alpha value is -0.860. The SMILES string of the molecule is CCCCCCCCCC(=COC)c1cc(Cl)cc(Cl)c1O. The summed E-state index contributed by atoms with van der Waals surface area (Å²) in [5, 5.41) is 10.9. The summed E-state index contributed by atoms with van der Waals surface area (Å²) < 4.78 is 5.14. The smallest absolute Gasteiger partial charge is 0.141 e. The van der Waals surface area contributed by atoms with Gasteiger partial charge in [0.05, 0.1) is 18.4 Å². The first kappa shape index (κ1) is 19.2. The van der Waals surface area contributed by atoms with E-state index in [2.05, 4.69) is 6.92 Å². The van der Waals surface area contributed by atoms with Gasteiger partial charge in [-0.25, -0.2) is 0 Å². The molecule has 0 saturated heterocycles. The Morgan fingerprint density at radius 3 is 2.36 bits per heavy atom. The minimum atomic E-state index is 0.0670. The Kier molecular flexibility index (Phi) is 9.42. The number of phenolic OH excluding ortho intramolecular Hbond substituents is 1. The second kappa shape index (κ2) is 10.8. The number of methoxy groups -OCH3 is 1. The van der Waals surface area contributed by atoms with Crippen LogP contribution < -0.4 is 0 Å². The summed E-state index contributed by atoms with van der Waals surface area (Å²) in [5.41, 5.74) is 1.59. The van der Waals surface area contributed by atoms with E-state index in [0.29, 0.717) is 10.6 Å². The first-order valence-corrected chi connectivity index (χ1v) is 8.76. The monoisotopic (exact) mass is 344 g/mol. The lowest BCUT2D eigenvalue weighted by atomic mass is 9.99. The van der Waals surface area contributed by atoms with Crippen LogP contribution in [0, 0.1) is 0 Å². The Labute approximate surface area is 144 Å². The summed E-state index contributed by atoms with van der Waals surface area (Å²) in [7, 11) is 1.61. The normalized spacial score (nSPS) is 11.7. The maximum absolute atomic E-state index is 10.1. The quantitative estimate of drug-likeness (QED) is 0.372. The predicted molar refractivity (Wildman–Crippen MR) is 95.7 cm³/mol. The van der Waals surface area contributed by atoms with Crippen LogP contribution in [0.5, 0.6) is 5.75 Å². The van der Waals surface area contributed by atoms with Crippen molar-refractivity contribution >= 4 is 28.8 Å². The highest BCUT2D eigenvalue weighted by atomic mass is 35.5. The number of ether oxygens (including phenoxy) is 1. The standard InChI is InChI=1S/C18H26Cl2O2/c1-3-4-5-6-7-8-9-10-14(13-22-2)16-11-15(19)12-17(20)18(16)21/h11-13,21H,3-10H2,1-2H3. The highest BCUT2D eigenvalue weighted by Crippen LogP contribution is 2.37. The van der Waals surface area contributed by atoms with Gasteiger partial charge in [-0.2, -0.15) is 0 Å². The number of allylic oxidation sites excluding steroid dienone is 1. The zero-order valence-corrected chi connectivity index (χ0v) is 15.0. The topological polar surface area (TPSA) is 29.5 Å². The maximum atomic E-state index is 10.1. The van der Waals surface area contributed by atoms with Gasteiger partial charge in [0.2, 0.25) is 0 Å². The van der Waals surface area contributed by atoms with E-state index in [-0.39, 0.29) is 10.8 Å². The fourth-order valence-electron chi connectivity index (χ4n) is 2.48. The van der Waals surface area contributed by atoms with E-state index < -0.39 is 0 Å². The molecule has 1 rings (SSSR count). The minimum Gasteiger partial charge on any atom is -0.506 e. The molecular weight excluding hydrogens is 319 g/mol. The molecule has 0 spiro atoms. The molecule has 0 aliphatic heterocycles. The second-order valence-corrected chi connectivity index (χ2v) is 6.38. The van der Waals surface area contributed by atoms with Crippen LogP contribution in [-0.2, 0) is 4.74 Å². The number of hydrogen-bond donors (Lipinski definition) is 1. The molecular formula is C18H26Cl2O2. The molecule has 0 atom stereocenters. The van der Waals surface area contributed by atoms with Gasteiger partial charge in [0.25, 0.3) is 0 Å². The summed E-state index contributed by atoms with van der Waals surface area (Å²) >= 11 is 12.0. The van der Waals surface area contributed by atoms with Crippen LogP contribution in [0.15, 0.2) is 18.4 Å². The van der Waals surface area contributed by atoms with Gasteiger partial charge >= 0.3 is 0 Å². The van der Waals surface area contributed by atoms with Gasteiger partial charge in [-0.15, -0.1) is 0 Å². The lowest BCUT2D eigenvalue weighted by Crippen LogP contribution is -1.90. The Morgan fingerprint density at radius 2 is 1.73 bits per heavy atom. The molecule has 1 aromatic rings. The van der Waals surface area contributed by atoms with Crippen LogP contribution >= 0.6 is 23.2 Å². The van der Waals surface area contributed by atoms with Crippen LogP contribution in [0.2, 0.25) is 10.0 Å². The van der Waals surface area contributed by atoms with Crippen molar-refractivity contribution in [2.24, 2.45) is 0 Å². The number of benzene rings is 1. The molecule has 0 aromatic heterocycles. The molecule has 0 radical (unpaired) electrons. The molecule has 0 amide bonds. The van der Waals surface area contributed by atoms with Crippen molar-refractivity contribution < 1.29 is 9.84 Å². The number of halogens is 2. The third kappa shape index (κ3) is 6.50. The van der Waals surface area contributed by atoms with E-state index >= 15 is 0 Å². The maximum Gasteiger partial charge on any atom is 0.141 e. The number of phenols is 1. The van der Waals surface area contributed by atoms with E-state index in [9.17, 15) is 5.11 Å². The molecule has 1 aromatic carbocycles. The van der Waals surface area contributed by atoms with Gasteiger partial charge in [0.15, 0.2) is 0 Å². The molecule has 22 heavy (non-hydrogen) atoms. The highest BCUT2D eigenvalue weighted by molar-refractivity contribution is 6.35. The first-order valence-electron chi connectivity index (χ1n) is 8.00. The van der Waals surface area contributed by atoms with Gasteiger partial charge < -0.3 is 9.84 Å². The Morgan fingerprint density at radius 1 is 1.09 bits per heavy atom. The second-order valence-electron chi connectivity index (χ2n) is 5.53. The van der Waals surface area contributed by atoms with Gasteiger partial charge in [-0.3, -0.25) is 0 Å². The summed E-state index contributed by atoms with van der Waals surface area (Å²) in [6.07, 6.45) is 11.2. The van der Waals surface area contributed by atoms with Crippen molar-refractivity contribution in [2.75, 3.05) is 7.11 Å². The number of hydrogen-bond acceptors (Lipinski definition) is 2.